The van der Waals surface area contributed by atoms with Gasteiger partial charge < -0.3 is 9.84 Å². The van der Waals surface area contributed by atoms with Gasteiger partial charge in [0.2, 0.25) is 11.0 Å². The van der Waals surface area contributed by atoms with Crippen molar-refractivity contribution in [1.82, 2.24) is 15.4 Å². The fourth-order valence-electron chi connectivity index (χ4n) is 1.73. The summed E-state index contributed by atoms with van der Waals surface area (Å²) in [6, 6.07) is 0. The Morgan fingerprint density at radius 1 is 1.37 bits per heavy atom. The average Bonchev–Trinajstić information content (AvgIpc) is 2.95. The number of carbonyl (C=O) groups excluding carboxylic acids is 1. The molecule has 2 aromatic rings. The minimum Gasteiger partial charge on any atom is -0.361 e. The molecule has 0 unspecified atom stereocenters. The summed E-state index contributed by atoms with van der Waals surface area (Å²) in [6.07, 6.45) is 1.82. The monoisotopic (exact) mass is 280 g/mol. The first kappa shape index (κ1) is 13.7. The zero-order valence-corrected chi connectivity index (χ0v) is 12.0. The highest BCUT2D eigenvalue weighted by Gasteiger charge is 2.12. The van der Waals surface area contributed by atoms with Crippen LogP contribution in [0.3, 0.4) is 0 Å². The lowest BCUT2D eigenvalue weighted by molar-refractivity contribution is -0.116. The first-order valence-electron chi connectivity index (χ1n) is 6.14. The zero-order chi connectivity index (χ0) is 13.8. The van der Waals surface area contributed by atoms with Crippen LogP contribution in [0, 0.1) is 13.8 Å². The molecule has 7 heteroatoms. The van der Waals surface area contributed by atoms with Crippen molar-refractivity contribution >= 4 is 22.4 Å². The maximum absolute atomic E-state index is 11.8. The third-order valence-electron chi connectivity index (χ3n) is 2.80. The van der Waals surface area contributed by atoms with E-state index >= 15 is 0 Å². The number of aryl methyl sites for hydroxylation is 3. The van der Waals surface area contributed by atoms with Gasteiger partial charge in [-0.3, -0.25) is 4.79 Å². The maximum Gasteiger partial charge on any atom is 0.226 e. The molecule has 1 N–H and O–H groups in total. The van der Waals surface area contributed by atoms with Gasteiger partial charge in [-0.05, 0) is 26.7 Å². The van der Waals surface area contributed by atoms with Crippen molar-refractivity contribution in [2.45, 2.75) is 40.0 Å². The van der Waals surface area contributed by atoms with Crippen LogP contribution in [0.1, 0.15) is 35.4 Å². The molecule has 2 aromatic heterocycles. The zero-order valence-electron chi connectivity index (χ0n) is 11.2. The Morgan fingerprint density at radius 3 is 2.74 bits per heavy atom. The second kappa shape index (κ2) is 5.92. The van der Waals surface area contributed by atoms with E-state index in [9.17, 15) is 4.79 Å². The van der Waals surface area contributed by atoms with E-state index in [1.807, 2.05) is 20.8 Å². The summed E-state index contributed by atoms with van der Waals surface area (Å²) < 4.78 is 5.06. The fraction of sp³-hybridized carbons (Fsp3) is 0.500. The van der Waals surface area contributed by atoms with Crippen LogP contribution in [0.25, 0.3) is 0 Å². The molecule has 1 amide bonds. The molecular formula is C12H16N4O2S. The van der Waals surface area contributed by atoms with Crippen LogP contribution >= 0.6 is 11.3 Å². The Labute approximate surface area is 115 Å². The van der Waals surface area contributed by atoms with E-state index in [4.69, 9.17) is 4.52 Å². The predicted octanol–water partition coefficient (Wildman–Crippen LogP) is 2.28. The number of hydrogen-bond acceptors (Lipinski definition) is 6. The van der Waals surface area contributed by atoms with Crippen LogP contribution in [-0.4, -0.2) is 21.3 Å². The van der Waals surface area contributed by atoms with Crippen LogP contribution in [0.5, 0.6) is 0 Å². The Morgan fingerprint density at radius 2 is 2.16 bits per heavy atom. The van der Waals surface area contributed by atoms with Crippen molar-refractivity contribution in [3.05, 3.63) is 22.0 Å². The van der Waals surface area contributed by atoms with Gasteiger partial charge in [0.15, 0.2) is 0 Å². The number of carbonyl (C=O) groups is 1. The van der Waals surface area contributed by atoms with Crippen molar-refractivity contribution in [3.63, 3.8) is 0 Å². The molecular weight excluding hydrogens is 264 g/mol. The van der Waals surface area contributed by atoms with E-state index in [2.05, 4.69) is 20.7 Å². The van der Waals surface area contributed by atoms with Gasteiger partial charge in [-0.25, -0.2) is 0 Å². The van der Waals surface area contributed by atoms with Crippen LogP contribution in [-0.2, 0) is 17.6 Å². The van der Waals surface area contributed by atoms with Gasteiger partial charge in [-0.1, -0.05) is 23.4 Å². The number of hydrogen-bond donors (Lipinski definition) is 1. The number of aromatic nitrogens is 3. The smallest absolute Gasteiger partial charge is 0.226 e. The molecule has 2 rings (SSSR count). The molecule has 0 atom stereocenters. The molecule has 0 radical (unpaired) electrons. The predicted molar refractivity (Wildman–Crippen MR) is 72.2 cm³/mol. The third-order valence-corrected chi connectivity index (χ3v) is 3.78. The highest BCUT2D eigenvalue weighted by atomic mass is 32.1. The first-order valence-corrected chi connectivity index (χ1v) is 6.95. The third kappa shape index (κ3) is 3.37. The lowest BCUT2D eigenvalue weighted by atomic mass is 10.1. The molecule has 102 valence electrons. The Kier molecular flexibility index (Phi) is 4.26. The summed E-state index contributed by atoms with van der Waals surface area (Å²) in [6.45, 7) is 5.73. The summed E-state index contributed by atoms with van der Waals surface area (Å²) >= 11 is 1.41. The second-order valence-corrected chi connectivity index (χ2v) is 5.27. The number of rotatable bonds is 5. The van der Waals surface area contributed by atoms with Gasteiger partial charge in [0, 0.05) is 12.0 Å². The van der Waals surface area contributed by atoms with E-state index in [-0.39, 0.29) is 5.91 Å². The number of amides is 1. The van der Waals surface area contributed by atoms with Crippen molar-refractivity contribution < 1.29 is 9.32 Å². The van der Waals surface area contributed by atoms with Crippen LogP contribution in [0.15, 0.2) is 4.52 Å². The fourth-order valence-corrected chi connectivity index (χ4v) is 2.42. The lowest BCUT2D eigenvalue weighted by Crippen LogP contribution is -2.12. The molecule has 0 aliphatic rings. The molecule has 0 aliphatic carbocycles. The number of nitrogens with one attached hydrogen (secondary N) is 1. The molecule has 0 bridgehead atoms. The normalized spacial score (nSPS) is 10.7. The van der Waals surface area contributed by atoms with E-state index in [0.717, 1.165) is 28.4 Å². The quantitative estimate of drug-likeness (QED) is 0.908. The standard InChI is InChI=1S/C12H16N4O2S/c1-4-11-14-15-12(19-11)13-10(17)6-5-9-7(2)16-18-8(9)3/h4-6H2,1-3H3,(H,13,15,17). The van der Waals surface area contributed by atoms with E-state index in [1.54, 1.807) is 0 Å². The second-order valence-electron chi connectivity index (χ2n) is 4.21. The Balaban J connectivity index is 1.88. The maximum atomic E-state index is 11.8. The number of anilines is 1. The molecule has 0 saturated carbocycles. The molecule has 19 heavy (non-hydrogen) atoms. The van der Waals surface area contributed by atoms with Crippen LogP contribution in [0.2, 0.25) is 0 Å². The largest absolute Gasteiger partial charge is 0.361 e. The van der Waals surface area contributed by atoms with Crippen molar-refractivity contribution in [2.24, 2.45) is 0 Å². The minimum atomic E-state index is -0.0706. The molecule has 2 heterocycles. The average molecular weight is 280 g/mol. The van der Waals surface area contributed by atoms with Crippen molar-refractivity contribution in [3.8, 4) is 0 Å². The SMILES string of the molecule is CCc1nnc(NC(=O)CCc2c(C)noc2C)s1. The van der Waals surface area contributed by atoms with Gasteiger partial charge in [0.25, 0.3) is 0 Å². The van der Waals surface area contributed by atoms with Gasteiger partial charge in [0.05, 0.1) is 5.69 Å². The molecule has 0 spiro atoms. The van der Waals surface area contributed by atoms with E-state index < -0.39 is 0 Å². The van der Waals surface area contributed by atoms with Gasteiger partial charge in [-0.2, -0.15) is 0 Å². The summed E-state index contributed by atoms with van der Waals surface area (Å²) in [5.74, 6) is 0.702. The molecule has 0 aromatic carbocycles. The molecule has 6 nitrogen and oxygen atoms in total. The van der Waals surface area contributed by atoms with Crippen molar-refractivity contribution in [1.29, 1.82) is 0 Å². The minimum absolute atomic E-state index is 0.0706. The van der Waals surface area contributed by atoms with Gasteiger partial charge in [-0.15, -0.1) is 10.2 Å². The first-order chi connectivity index (χ1) is 9.10. The highest BCUT2D eigenvalue weighted by Crippen LogP contribution is 2.17. The Hall–Kier alpha value is -1.76. The van der Waals surface area contributed by atoms with Gasteiger partial charge in [0.1, 0.15) is 10.8 Å². The summed E-state index contributed by atoms with van der Waals surface area (Å²) in [4.78, 5) is 11.8. The van der Waals surface area contributed by atoms with Crippen LogP contribution in [0.4, 0.5) is 5.13 Å². The molecule has 0 saturated heterocycles. The number of nitrogens with zero attached hydrogens (tertiary/aromatic N) is 3. The van der Waals surface area contributed by atoms with Crippen molar-refractivity contribution in [2.75, 3.05) is 5.32 Å². The summed E-state index contributed by atoms with van der Waals surface area (Å²) in [5.41, 5.74) is 1.84. The molecule has 0 fully saturated rings. The van der Waals surface area contributed by atoms with E-state index in [0.29, 0.717) is 18.0 Å². The van der Waals surface area contributed by atoms with Gasteiger partial charge >= 0.3 is 0 Å². The summed E-state index contributed by atoms with van der Waals surface area (Å²) in [5, 5.41) is 16.0. The Bertz CT molecular complexity index is 557. The summed E-state index contributed by atoms with van der Waals surface area (Å²) in [7, 11) is 0. The van der Waals surface area contributed by atoms with E-state index in [1.165, 1.54) is 11.3 Å². The topological polar surface area (TPSA) is 80.9 Å². The highest BCUT2D eigenvalue weighted by molar-refractivity contribution is 7.15. The lowest BCUT2D eigenvalue weighted by Gasteiger charge is -2.01. The van der Waals surface area contributed by atoms with Crippen LogP contribution < -0.4 is 5.32 Å². The molecule has 0 aliphatic heterocycles.